The van der Waals surface area contributed by atoms with Gasteiger partial charge in [-0.15, -0.1) is 6.58 Å². The zero-order valence-electron chi connectivity index (χ0n) is 17.2. The number of hydrogen-bond acceptors (Lipinski definition) is 1. The van der Waals surface area contributed by atoms with Crippen molar-refractivity contribution in [3.05, 3.63) is 102 Å². The molecule has 4 nitrogen and oxygen atoms in total. The van der Waals surface area contributed by atoms with Gasteiger partial charge in [0.2, 0.25) is 0 Å². The number of alkyl halides is 3. The van der Waals surface area contributed by atoms with E-state index in [4.69, 9.17) is 0 Å². The lowest BCUT2D eigenvalue weighted by atomic mass is 10.1. The van der Waals surface area contributed by atoms with Gasteiger partial charge < -0.3 is 14.8 Å². The fourth-order valence-corrected chi connectivity index (χ4v) is 3.20. The summed E-state index contributed by atoms with van der Waals surface area (Å²) in [5.74, 6) is 0. The van der Waals surface area contributed by atoms with Crippen LogP contribution in [0.25, 0.3) is 0 Å². The van der Waals surface area contributed by atoms with Crippen molar-refractivity contribution >= 4 is 11.7 Å². The van der Waals surface area contributed by atoms with E-state index in [0.717, 1.165) is 23.4 Å². The molecule has 31 heavy (non-hydrogen) atoms. The molecule has 0 atom stereocenters. The highest BCUT2D eigenvalue weighted by Crippen LogP contribution is 2.29. The average Bonchev–Trinajstić information content (AvgIpc) is 3.15. The van der Waals surface area contributed by atoms with Crippen LogP contribution in [0.2, 0.25) is 0 Å². The maximum absolute atomic E-state index is 13.0. The first kappa shape index (κ1) is 22.2. The molecule has 2 aromatic carbocycles. The van der Waals surface area contributed by atoms with Crippen LogP contribution in [0.1, 0.15) is 22.4 Å². The molecule has 0 fully saturated rings. The lowest BCUT2D eigenvalue weighted by molar-refractivity contribution is -0.137. The fraction of sp³-hybridized carbons (Fsp3) is 0.208. The van der Waals surface area contributed by atoms with Gasteiger partial charge in [0.15, 0.2) is 0 Å². The number of aromatic nitrogens is 1. The highest BCUT2D eigenvalue weighted by atomic mass is 19.4. The first-order chi connectivity index (χ1) is 14.8. The van der Waals surface area contributed by atoms with Crippen LogP contribution >= 0.6 is 0 Å². The highest BCUT2D eigenvalue weighted by Gasteiger charge is 2.30. The molecule has 0 unspecified atom stereocenters. The third-order valence-corrected chi connectivity index (χ3v) is 4.82. The van der Waals surface area contributed by atoms with Gasteiger partial charge in [0, 0.05) is 30.7 Å². The van der Waals surface area contributed by atoms with Crippen molar-refractivity contribution < 1.29 is 18.0 Å². The van der Waals surface area contributed by atoms with E-state index in [2.05, 4.69) is 11.9 Å². The Morgan fingerprint density at radius 1 is 1.13 bits per heavy atom. The van der Waals surface area contributed by atoms with Crippen molar-refractivity contribution in [3.8, 4) is 0 Å². The Morgan fingerprint density at radius 2 is 1.87 bits per heavy atom. The van der Waals surface area contributed by atoms with E-state index in [1.165, 1.54) is 6.07 Å². The Morgan fingerprint density at radius 3 is 2.55 bits per heavy atom. The topological polar surface area (TPSA) is 37.3 Å². The quantitative estimate of drug-likeness (QED) is 0.456. The summed E-state index contributed by atoms with van der Waals surface area (Å²) >= 11 is 0. The Balaban J connectivity index is 1.74. The fourth-order valence-electron chi connectivity index (χ4n) is 3.20. The van der Waals surface area contributed by atoms with Crippen molar-refractivity contribution in [2.45, 2.75) is 26.2 Å². The van der Waals surface area contributed by atoms with Crippen molar-refractivity contribution in [2.75, 3.05) is 11.9 Å². The number of carbonyl (C=O) groups excluding carboxylic acids is 1. The van der Waals surface area contributed by atoms with Gasteiger partial charge in [-0.05, 0) is 48.9 Å². The third-order valence-electron chi connectivity index (χ3n) is 4.82. The molecule has 0 bridgehead atoms. The largest absolute Gasteiger partial charge is 0.416 e. The number of halogens is 3. The number of nitrogens with one attached hydrogen (secondary N) is 1. The number of aryl methyl sites for hydroxylation is 1. The number of nitrogens with zero attached hydrogens (tertiary/aromatic N) is 2. The average molecular weight is 427 g/mol. The van der Waals surface area contributed by atoms with Crippen molar-refractivity contribution in [2.24, 2.45) is 0 Å². The van der Waals surface area contributed by atoms with Gasteiger partial charge in [-0.2, -0.15) is 13.2 Å². The van der Waals surface area contributed by atoms with Crippen molar-refractivity contribution in [1.29, 1.82) is 0 Å². The number of amides is 2. The van der Waals surface area contributed by atoms with Crippen molar-refractivity contribution in [3.63, 3.8) is 0 Å². The second kappa shape index (κ2) is 9.55. The van der Waals surface area contributed by atoms with Crippen molar-refractivity contribution in [1.82, 2.24) is 9.47 Å². The summed E-state index contributed by atoms with van der Waals surface area (Å²) in [6.45, 7) is 6.57. The minimum atomic E-state index is -4.38. The van der Waals surface area contributed by atoms with E-state index < -0.39 is 11.7 Å². The molecule has 1 N–H and O–H groups in total. The van der Waals surface area contributed by atoms with E-state index in [1.807, 2.05) is 47.9 Å². The van der Waals surface area contributed by atoms with Crippen LogP contribution in [0.5, 0.6) is 0 Å². The van der Waals surface area contributed by atoms with Crippen LogP contribution in [-0.2, 0) is 19.3 Å². The van der Waals surface area contributed by atoms with Gasteiger partial charge in [0.25, 0.3) is 0 Å². The minimum Gasteiger partial charge on any atom is -0.345 e. The van der Waals surface area contributed by atoms with Gasteiger partial charge in [-0.1, -0.05) is 35.9 Å². The van der Waals surface area contributed by atoms with Gasteiger partial charge in [-0.3, -0.25) is 0 Å². The molecule has 0 aliphatic carbocycles. The molecular weight excluding hydrogens is 403 g/mol. The Bertz CT molecular complexity index is 1040. The van der Waals surface area contributed by atoms with Crippen LogP contribution in [-0.4, -0.2) is 22.0 Å². The second-order valence-corrected chi connectivity index (χ2v) is 7.29. The van der Waals surface area contributed by atoms with E-state index in [9.17, 15) is 18.0 Å². The predicted molar refractivity (Wildman–Crippen MR) is 116 cm³/mol. The number of benzene rings is 2. The Labute approximate surface area is 179 Å². The maximum Gasteiger partial charge on any atom is 0.416 e. The number of urea groups is 1. The zero-order chi connectivity index (χ0) is 22.4. The predicted octanol–water partition coefficient (Wildman–Crippen LogP) is 6.08. The zero-order valence-corrected chi connectivity index (χ0v) is 17.2. The summed E-state index contributed by atoms with van der Waals surface area (Å²) in [5.41, 5.74) is 2.44. The number of hydrogen-bond donors (Lipinski definition) is 1. The van der Waals surface area contributed by atoms with Gasteiger partial charge >= 0.3 is 12.2 Å². The molecule has 0 aliphatic rings. The molecule has 3 rings (SSSR count). The molecule has 1 aromatic heterocycles. The first-order valence-corrected chi connectivity index (χ1v) is 9.80. The summed E-state index contributed by atoms with van der Waals surface area (Å²) in [6.07, 6.45) is -0.960. The van der Waals surface area contributed by atoms with Crippen LogP contribution in [0.15, 0.2) is 79.5 Å². The van der Waals surface area contributed by atoms with Crippen LogP contribution < -0.4 is 5.32 Å². The standard InChI is InChI=1S/C24H24F3N3O/c1-3-13-30(23(31)28-21-11-9-18(2)10-12-21)17-22-8-5-14-29(22)16-19-6-4-7-20(15-19)24(25,26)27/h3-12,14-15H,1,13,16-17H2,2H3,(H,28,31). The molecular formula is C24H24F3N3O. The minimum absolute atomic E-state index is 0.272. The van der Waals surface area contributed by atoms with Crippen LogP contribution in [0.3, 0.4) is 0 Å². The Hall–Kier alpha value is -3.48. The summed E-state index contributed by atoms with van der Waals surface area (Å²) in [6, 6.07) is 16.1. The van der Waals surface area contributed by atoms with E-state index in [0.29, 0.717) is 17.8 Å². The van der Waals surface area contributed by atoms with Crippen LogP contribution in [0, 0.1) is 6.92 Å². The van der Waals surface area contributed by atoms with E-state index in [-0.39, 0.29) is 19.1 Å². The molecule has 0 saturated heterocycles. The molecule has 0 aliphatic heterocycles. The summed E-state index contributed by atoms with van der Waals surface area (Å²) < 4.78 is 40.9. The lowest BCUT2D eigenvalue weighted by Gasteiger charge is -2.23. The SMILES string of the molecule is C=CCN(Cc1cccn1Cc1cccc(C(F)(F)F)c1)C(=O)Nc1ccc(C)cc1. The molecule has 0 radical (unpaired) electrons. The summed E-state index contributed by atoms with van der Waals surface area (Å²) in [5, 5.41) is 2.86. The molecule has 1 heterocycles. The summed E-state index contributed by atoms with van der Waals surface area (Å²) in [4.78, 5) is 14.4. The smallest absolute Gasteiger partial charge is 0.345 e. The van der Waals surface area contributed by atoms with Gasteiger partial charge in [0.05, 0.1) is 12.1 Å². The summed E-state index contributed by atoms with van der Waals surface area (Å²) in [7, 11) is 0. The lowest BCUT2D eigenvalue weighted by Crippen LogP contribution is -2.35. The molecule has 0 spiro atoms. The number of anilines is 1. The highest BCUT2D eigenvalue weighted by molar-refractivity contribution is 5.89. The molecule has 162 valence electrons. The Kier molecular flexibility index (Phi) is 6.84. The van der Waals surface area contributed by atoms with Gasteiger partial charge in [0.1, 0.15) is 0 Å². The normalized spacial score (nSPS) is 11.2. The third kappa shape index (κ3) is 6.01. The molecule has 7 heteroatoms. The maximum atomic E-state index is 13.0. The number of rotatable bonds is 7. The molecule has 0 saturated carbocycles. The molecule has 2 amide bonds. The van der Waals surface area contributed by atoms with Gasteiger partial charge in [-0.25, -0.2) is 4.79 Å². The van der Waals surface area contributed by atoms with E-state index >= 15 is 0 Å². The molecule has 3 aromatic rings. The number of carbonyl (C=O) groups is 1. The van der Waals surface area contributed by atoms with E-state index in [1.54, 1.807) is 23.2 Å². The first-order valence-electron chi connectivity index (χ1n) is 9.80. The monoisotopic (exact) mass is 427 g/mol. The second-order valence-electron chi connectivity index (χ2n) is 7.29. The van der Waals surface area contributed by atoms with Crippen LogP contribution in [0.4, 0.5) is 23.7 Å².